The van der Waals surface area contributed by atoms with Crippen molar-refractivity contribution >= 4 is 15.5 Å². The monoisotopic (exact) mass is 571 g/mol. The summed E-state index contributed by atoms with van der Waals surface area (Å²) in [5.74, 6) is -1.61. The minimum atomic E-state index is -4.68. The van der Waals surface area contributed by atoms with Crippen LogP contribution in [0.25, 0.3) is 11.3 Å². The first-order valence-corrected chi connectivity index (χ1v) is 13.5. The smallest absolute Gasteiger partial charge is 0.401 e. The lowest BCUT2D eigenvalue weighted by molar-refractivity contribution is -0.158. The lowest BCUT2D eigenvalue weighted by Crippen LogP contribution is -2.63. The van der Waals surface area contributed by atoms with Gasteiger partial charge in [0.15, 0.2) is 9.84 Å². The standard InChI is InChI=1S/C25H26F5N5O3S/c1-13(15-8-16(26)11-17(27)9-15)35-19-6-5-18(14-4-7-20(38-2)21(10-14)39(3,36)37)33-22(19)23(31)34(24(35)32)12-25(28,29)30/h4-11,13,23-24H,12,31-32H2,1-3H3. The summed E-state index contributed by atoms with van der Waals surface area (Å²) < 4.78 is 98.3. The number of alkyl halides is 3. The molecule has 0 amide bonds. The third kappa shape index (κ3) is 5.83. The van der Waals surface area contributed by atoms with Crippen molar-refractivity contribution in [1.29, 1.82) is 0 Å². The van der Waals surface area contributed by atoms with Crippen molar-refractivity contribution < 1.29 is 35.1 Å². The maximum atomic E-state index is 14.0. The fourth-order valence-electron chi connectivity index (χ4n) is 4.63. The largest absolute Gasteiger partial charge is 0.495 e. The van der Waals surface area contributed by atoms with Crippen LogP contribution in [0.3, 0.4) is 0 Å². The van der Waals surface area contributed by atoms with Crippen LogP contribution in [-0.4, -0.2) is 50.7 Å². The van der Waals surface area contributed by atoms with E-state index >= 15 is 0 Å². The number of hydrogen-bond donors (Lipinski definition) is 2. The van der Waals surface area contributed by atoms with E-state index in [0.717, 1.165) is 23.3 Å². The van der Waals surface area contributed by atoms with Crippen molar-refractivity contribution in [2.45, 2.75) is 36.5 Å². The first-order valence-electron chi connectivity index (χ1n) is 11.6. The molecule has 0 saturated carbocycles. The molecule has 3 unspecified atom stereocenters. The Balaban J connectivity index is 1.87. The lowest BCUT2D eigenvalue weighted by Gasteiger charge is -2.49. The van der Waals surface area contributed by atoms with E-state index in [2.05, 4.69) is 4.98 Å². The summed E-state index contributed by atoms with van der Waals surface area (Å²) in [7, 11) is -2.38. The highest BCUT2D eigenvalue weighted by atomic mass is 32.2. The molecule has 0 radical (unpaired) electrons. The summed E-state index contributed by atoms with van der Waals surface area (Å²) in [6, 6.07) is 9.29. The van der Waals surface area contributed by atoms with Crippen molar-refractivity contribution in [3.63, 3.8) is 0 Å². The Morgan fingerprint density at radius 1 is 1.05 bits per heavy atom. The first kappa shape index (κ1) is 28.7. The van der Waals surface area contributed by atoms with Gasteiger partial charge in [0.05, 0.1) is 36.8 Å². The van der Waals surface area contributed by atoms with Gasteiger partial charge in [0, 0.05) is 17.9 Å². The van der Waals surface area contributed by atoms with Crippen molar-refractivity contribution in [3.05, 3.63) is 71.4 Å². The highest BCUT2D eigenvalue weighted by Gasteiger charge is 2.44. The Kier molecular flexibility index (Phi) is 7.60. The topological polar surface area (TPSA) is 115 Å². The van der Waals surface area contributed by atoms with Crippen LogP contribution in [0.5, 0.6) is 5.75 Å². The average Bonchev–Trinajstić information content (AvgIpc) is 2.84. The van der Waals surface area contributed by atoms with E-state index in [1.807, 2.05) is 0 Å². The van der Waals surface area contributed by atoms with Gasteiger partial charge >= 0.3 is 6.18 Å². The fraction of sp³-hybridized carbons (Fsp3) is 0.320. The Labute approximate surface area is 221 Å². The number of anilines is 1. The SMILES string of the molecule is COc1ccc(-c2ccc3c(n2)C(N)N(CC(F)(F)F)C(N)N3C(C)c2cc(F)cc(F)c2)cc1S(C)(=O)=O. The Hall–Kier alpha value is -3.33. The molecule has 0 aliphatic carbocycles. The fourth-order valence-corrected chi connectivity index (χ4v) is 5.49. The Bertz CT molecular complexity index is 1480. The van der Waals surface area contributed by atoms with Crippen LogP contribution in [0.2, 0.25) is 0 Å². The zero-order valence-corrected chi connectivity index (χ0v) is 21.9. The maximum absolute atomic E-state index is 14.0. The predicted molar refractivity (Wildman–Crippen MR) is 134 cm³/mol. The second kappa shape index (κ2) is 10.3. The molecule has 14 heteroatoms. The predicted octanol–water partition coefficient (Wildman–Crippen LogP) is 4.08. The van der Waals surface area contributed by atoms with Crippen LogP contribution >= 0.6 is 0 Å². The lowest BCUT2D eigenvalue weighted by atomic mass is 10.0. The van der Waals surface area contributed by atoms with Crippen LogP contribution in [0.4, 0.5) is 27.6 Å². The average molecular weight is 572 g/mol. The molecule has 4 N–H and O–H groups in total. The van der Waals surface area contributed by atoms with E-state index in [4.69, 9.17) is 16.2 Å². The van der Waals surface area contributed by atoms with Crippen LogP contribution in [0.15, 0.2) is 53.4 Å². The minimum Gasteiger partial charge on any atom is -0.495 e. The molecule has 1 aliphatic rings. The zero-order chi connectivity index (χ0) is 28.9. The molecule has 2 aromatic carbocycles. The van der Waals surface area contributed by atoms with Gasteiger partial charge in [-0.15, -0.1) is 0 Å². The molecule has 0 fully saturated rings. The number of rotatable bonds is 6. The summed E-state index contributed by atoms with van der Waals surface area (Å²) in [6.07, 6.45) is -6.50. The van der Waals surface area contributed by atoms with E-state index < -0.39 is 52.7 Å². The summed E-state index contributed by atoms with van der Waals surface area (Å²) in [5.41, 5.74) is 13.5. The Morgan fingerprint density at radius 2 is 1.69 bits per heavy atom. The number of aromatic nitrogens is 1. The molecule has 4 rings (SSSR count). The first-order chi connectivity index (χ1) is 18.1. The van der Waals surface area contributed by atoms with Gasteiger partial charge in [-0.1, -0.05) is 0 Å². The van der Waals surface area contributed by atoms with E-state index in [0.29, 0.717) is 11.6 Å². The van der Waals surface area contributed by atoms with E-state index in [9.17, 15) is 30.4 Å². The van der Waals surface area contributed by atoms with Gasteiger partial charge in [0.2, 0.25) is 0 Å². The number of benzene rings is 2. The number of pyridine rings is 1. The molecule has 1 aliphatic heterocycles. The normalized spacial score (nSPS) is 19.1. The highest BCUT2D eigenvalue weighted by molar-refractivity contribution is 7.90. The van der Waals surface area contributed by atoms with Crippen molar-refractivity contribution in [3.8, 4) is 17.0 Å². The number of nitrogens with zero attached hydrogens (tertiary/aromatic N) is 3. The maximum Gasteiger partial charge on any atom is 0.401 e. The number of methoxy groups -OCH3 is 1. The van der Waals surface area contributed by atoms with Gasteiger partial charge in [-0.2, -0.15) is 13.2 Å². The van der Waals surface area contributed by atoms with Crippen molar-refractivity contribution in [2.75, 3.05) is 24.8 Å². The molecular weight excluding hydrogens is 545 g/mol. The quantitative estimate of drug-likeness (QED) is 0.426. The number of nitrogens with two attached hydrogens (primary N) is 2. The van der Waals surface area contributed by atoms with Gasteiger partial charge in [0.25, 0.3) is 0 Å². The number of fused-ring (bicyclic) bond motifs is 1. The summed E-state index contributed by atoms with van der Waals surface area (Å²) in [5, 5.41) is 0. The number of halogens is 5. The molecule has 2 heterocycles. The molecule has 0 bridgehead atoms. The van der Waals surface area contributed by atoms with Crippen LogP contribution in [0.1, 0.15) is 30.4 Å². The van der Waals surface area contributed by atoms with Gasteiger partial charge in [-0.25, -0.2) is 27.1 Å². The van der Waals surface area contributed by atoms with E-state index in [1.165, 1.54) is 43.2 Å². The van der Waals surface area contributed by atoms with Crippen molar-refractivity contribution in [1.82, 2.24) is 9.88 Å². The molecule has 210 valence electrons. The number of ether oxygens (including phenoxy) is 1. The van der Waals surface area contributed by atoms with Gasteiger partial charge in [-0.05, 0) is 55.0 Å². The summed E-state index contributed by atoms with van der Waals surface area (Å²) in [4.78, 5) is 6.53. The van der Waals surface area contributed by atoms with Gasteiger partial charge in [0.1, 0.15) is 34.7 Å². The van der Waals surface area contributed by atoms with Crippen LogP contribution < -0.4 is 21.1 Å². The van der Waals surface area contributed by atoms with E-state index in [-0.39, 0.29) is 33.3 Å². The molecule has 3 aromatic rings. The molecule has 0 spiro atoms. The van der Waals surface area contributed by atoms with Crippen molar-refractivity contribution in [2.24, 2.45) is 11.5 Å². The molecule has 0 saturated heterocycles. The van der Waals surface area contributed by atoms with Crippen LogP contribution in [-0.2, 0) is 9.84 Å². The minimum absolute atomic E-state index is 0.0129. The molecule has 8 nitrogen and oxygen atoms in total. The zero-order valence-electron chi connectivity index (χ0n) is 21.1. The molecular formula is C25H26F5N5O3S. The molecule has 1 aromatic heterocycles. The van der Waals surface area contributed by atoms with Gasteiger partial charge in [-0.3, -0.25) is 5.73 Å². The molecule has 3 atom stereocenters. The molecule has 39 heavy (non-hydrogen) atoms. The third-order valence-corrected chi connectivity index (χ3v) is 7.57. The van der Waals surface area contributed by atoms with E-state index in [1.54, 1.807) is 6.07 Å². The summed E-state index contributed by atoms with van der Waals surface area (Å²) >= 11 is 0. The third-order valence-electron chi connectivity index (χ3n) is 6.45. The van der Waals surface area contributed by atoms with Gasteiger partial charge < -0.3 is 15.4 Å². The second-order valence-electron chi connectivity index (χ2n) is 9.17. The summed E-state index contributed by atoms with van der Waals surface area (Å²) in [6.45, 7) is 0.0540. The highest BCUT2D eigenvalue weighted by Crippen LogP contribution is 2.41. The Morgan fingerprint density at radius 3 is 2.26 bits per heavy atom. The van der Waals surface area contributed by atoms with Crippen LogP contribution in [0, 0.1) is 11.6 Å². The number of hydrogen-bond acceptors (Lipinski definition) is 8. The second-order valence-corrected chi connectivity index (χ2v) is 11.2. The number of sulfone groups is 1.